The first-order valence-corrected chi connectivity index (χ1v) is 4.80. The van der Waals surface area contributed by atoms with Gasteiger partial charge in [0.25, 0.3) is 5.69 Å². The molecule has 0 aliphatic heterocycles. The molecule has 0 bridgehead atoms. The van der Waals surface area contributed by atoms with Crippen molar-refractivity contribution in [1.29, 1.82) is 0 Å². The van der Waals surface area contributed by atoms with E-state index in [-0.39, 0.29) is 23.0 Å². The van der Waals surface area contributed by atoms with Crippen LogP contribution < -0.4 is 4.90 Å². The van der Waals surface area contributed by atoms with Gasteiger partial charge < -0.3 is 10.0 Å². The fraction of sp³-hybridized carbons (Fsp3) is 0.222. The van der Waals surface area contributed by atoms with E-state index in [1.165, 1.54) is 19.2 Å². The standard InChI is InChI=1S/C9H9ClN2O4/c1-11(9(14)5-10)7-3-2-6(12(15)16)4-8(7)13/h2-4,13H,5H2,1H3. The molecule has 1 N–H and O–H groups in total. The van der Waals surface area contributed by atoms with Gasteiger partial charge in [-0.2, -0.15) is 0 Å². The molecule has 0 heterocycles. The highest BCUT2D eigenvalue weighted by Gasteiger charge is 2.16. The molecule has 7 heteroatoms. The molecule has 1 amide bonds. The molecule has 0 saturated carbocycles. The third-order valence-corrected chi connectivity index (χ3v) is 2.25. The van der Waals surface area contributed by atoms with Crippen LogP contribution in [-0.2, 0) is 4.79 Å². The minimum atomic E-state index is -0.632. The minimum absolute atomic E-state index is 0.177. The predicted molar refractivity (Wildman–Crippen MR) is 58.9 cm³/mol. The number of nitro groups is 1. The van der Waals surface area contributed by atoms with E-state index < -0.39 is 10.8 Å². The summed E-state index contributed by atoms with van der Waals surface area (Å²) in [6.07, 6.45) is 0. The zero-order valence-electron chi connectivity index (χ0n) is 8.38. The van der Waals surface area contributed by atoms with E-state index in [2.05, 4.69) is 0 Å². The second kappa shape index (κ2) is 4.80. The Kier molecular flexibility index (Phi) is 3.68. The van der Waals surface area contributed by atoms with Crippen molar-refractivity contribution in [3.05, 3.63) is 28.3 Å². The zero-order chi connectivity index (χ0) is 12.3. The number of rotatable bonds is 3. The summed E-state index contributed by atoms with van der Waals surface area (Å²) < 4.78 is 0. The van der Waals surface area contributed by atoms with Gasteiger partial charge in [0, 0.05) is 13.1 Å². The Balaban J connectivity index is 3.08. The van der Waals surface area contributed by atoms with Crippen molar-refractivity contribution in [2.45, 2.75) is 0 Å². The molecule has 86 valence electrons. The van der Waals surface area contributed by atoms with Crippen molar-refractivity contribution in [3.8, 4) is 5.75 Å². The van der Waals surface area contributed by atoms with E-state index in [0.717, 1.165) is 11.0 Å². The number of carbonyl (C=O) groups excluding carboxylic acids is 1. The second-order valence-electron chi connectivity index (χ2n) is 3.02. The van der Waals surface area contributed by atoms with E-state index in [4.69, 9.17) is 11.6 Å². The molecule has 16 heavy (non-hydrogen) atoms. The summed E-state index contributed by atoms with van der Waals surface area (Å²) in [6, 6.07) is 3.47. The summed E-state index contributed by atoms with van der Waals surface area (Å²) in [6.45, 7) is 0. The average molecular weight is 245 g/mol. The Bertz CT molecular complexity index is 436. The van der Waals surface area contributed by atoms with Crippen molar-refractivity contribution in [2.24, 2.45) is 0 Å². The van der Waals surface area contributed by atoms with Crippen molar-refractivity contribution in [3.63, 3.8) is 0 Å². The van der Waals surface area contributed by atoms with Crippen LogP contribution >= 0.6 is 11.6 Å². The van der Waals surface area contributed by atoms with Crippen LogP contribution in [0, 0.1) is 10.1 Å². The summed E-state index contributed by atoms with van der Waals surface area (Å²) in [7, 11) is 1.42. The first kappa shape index (κ1) is 12.3. The van der Waals surface area contributed by atoms with Gasteiger partial charge in [-0.3, -0.25) is 14.9 Å². The van der Waals surface area contributed by atoms with E-state index in [9.17, 15) is 20.0 Å². The first-order valence-electron chi connectivity index (χ1n) is 4.27. The number of aromatic hydroxyl groups is 1. The van der Waals surface area contributed by atoms with Gasteiger partial charge in [-0.25, -0.2) is 0 Å². The molecular formula is C9H9ClN2O4. The molecular weight excluding hydrogens is 236 g/mol. The Morgan fingerprint density at radius 1 is 1.62 bits per heavy atom. The smallest absolute Gasteiger partial charge is 0.273 e. The second-order valence-corrected chi connectivity index (χ2v) is 3.28. The van der Waals surface area contributed by atoms with E-state index in [1.54, 1.807) is 0 Å². The van der Waals surface area contributed by atoms with Gasteiger partial charge in [-0.1, -0.05) is 0 Å². The van der Waals surface area contributed by atoms with Crippen LogP contribution in [0.5, 0.6) is 5.75 Å². The average Bonchev–Trinajstić information content (AvgIpc) is 2.26. The Morgan fingerprint density at radius 3 is 2.69 bits per heavy atom. The van der Waals surface area contributed by atoms with Crippen LogP contribution in [0.3, 0.4) is 0 Å². The lowest BCUT2D eigenvalue weighted by Gasteiger charge is -2.16. The van der Waals surface area contributed by atoms with Crippen molar-refractivity contribution < 1.29 is 14.8 Å². The fourth-order valence-corrected chi connectivity index (χ4v) is 1.31. The molecule has 0 saturated heterocycles. The lowest BCUT2D eigenvalue weighted by Crippen LogP contribution is -2.27. The van der Waals surface area contributed by atoms with Gasteiger partial charge in [0.05, 0.1) is 16.7 Å². The van der Waals surface area contributed by atoms with Gasteiger partial charge in [0.15, 0.2) is 0 Å². The van der Waals surface area contributed by atoms with Gasteiger partial charge in [0.1, 0.15) is 11.6 Å². The summed E-state index contributed by atoms with van der Waals surface area (Å²) in [4.78, 5) is 22.1. The fourth-order valence-electron chi connectivity index (χ4n) is 1.13. The summed E-state index contributed by atoms with van der Waals surface area (Å²) in [5.41, 5.74) is -0.0655. The number of phenols is 1. The molecule has 0 aliphatic rings. The lowest BCUT2D eigenvalue weighted by atomic mass is 10.2. The molecule has 1 aromatic rings. The van der Waals surface area contributed by atoms with Crippen molar-refractivity contribution in [1.82, 2.24) is 0 Å². The highest BCUT2D eigenvalue weighted by atomic mass is 35.5. The number of nitro benzene ring substituents is 1. The largest absolute Gasteiger partial charge is 0.505 e. The van der Waals surface area contributed by atoms with Gasteiger partial charge in [0.2, 0.25) is 5.91 Å². The van der Waals surface area contributed by atoms with Gasteiger partial charge in [-0.15, -0.1) is 11.6 Å². The van der Waals surface area contributed by atoms with Gasteiger partial charge in [-0.05, 0) is 6.07 Å². The Morgan fingerprint density at radius 2 is 2.25 bits per heavy atom. The SMILES string of the molecule is CN(C(=O)CCl)c1ccc([N+](=O)[O-])cc1O. The lowest BCUT2D eigenvalue weighted by molar-refractivity contribution is -0.384. The summed E-state index contributed by atoms with van der Waals surface area (Å²) >= 11 is 5.35. The molecule has 0 atom stereocenters. The maximum absolute atomic E-state index is 11.2. The highest BCUT2D eigenvalue weighted by Crippen LogP contribution is 2.30. The quantitative estimate of drug-likeness (QED) is 0.496. The third kappa shape index (κ3) is 2.40. The molecule has 1 rings (SSSR count). The van der Waals surface area contributed by atoms with Crippen LogP contribution in [0.1, 0.15) is 0 Å². The number of carbonyl (C=O) groups is 1. The van der Waals surface area contributed by atoms with Crippen LogP contribution in [0.15, 0.2) is 18.2 Å². The molecule has 0 spiro atoms. The Labute approximate surface area is 96.2 Å². The number of non-ortho nitro benzene ring substituents is 1. The van der Waals surface area contributed by atoms with Crippen molar-refractivity contribution >= 4 is 28.9 Å². The molecule has 0 aromatic heterocycles. The van der Waals surface area contributed by atoms with Gasteiger partial charge >= 0.3 is 0 Å². The topological polar surface area (TPSA) is 83.7 Å². The van der Waals surface area contributed by atoms with E-state index >= 15 is 0 Å². The summed E-state index contributed by atoms with van der Waals surface area (Å²) in [5, 5.41) is 19.9. The summed E-state index contributed by atoms with van der Waals surface area (Å²) in [5.74, 6) is -0.978. The van der Waals surface area contributed by atoms with Crippen molar-refractivity contribution in [2.75, 3.05) is 17.8 Å². The number of nitrogens with zero attached hydrogens (tertiary/aromatic N) is 2. The number of hydrogen-bond donors (Lipinski definition) is 1. The number of halogens is 1. The Hall–Kier alpha value is -1.82. The third-order valence-electron chi connectivity index (χ3n) is 2.02. The normalized spacial score (nSPS) is 9.88. The van der Waals surface area contributed by atoms with Crippen LogP contribution in [0.4, 0.5) is 11.4 Å². The molecule has 6 nitrogen and oxygen atoms in total. The van der Waals surface area contributed by atoms with E-state index in [0.29, 0.717) is 0 Å². The maximum Gasteiger partial charge on any atom is 0.273 e. The number of alkyl halides is 1. The zero-order valence-corrected chi connectivity index (χ0v) is 9.14. The van der Waals surface area contributed by atoms with Crippen LogP contribution in [0.2, 0.25) is 0 Å². The molecule has 1 aromatic carbocycles. The number of phenolic OH excluding ortho intramolecular Hbond substituents is 1. The first-order chi connectivity index (χ1) is 7.47. The maximum atomic E-state index is 11.2. The van der Waals surface area contributed by atoms with Crippen LogP contribution in [-0.4, -0.2) is 28.9 Å². The molecule has 0 radical (unpaired) electrons. The predicted octanol–water partition coefficient (Wildman–Crippen LogP) is 1.50. The minimum Gasteiger partial charge on any atom is -0.505 e. The molecule has 0 unspecified atom stereocenters. The number of anilines is 1. The number of hydrogen-bond acceptors (Lipinski definition) is 4. The van der Waals surface area contributed by atoms with E-state index in [1.807, 2.05) is 0 Å². The highest BCUT2D eigenvalue weighted by molar-refractivity contribution is 6.29. The van der Waals surface area contributed by atoms with Crippen LogP contribution in [0.25, 0.3) is 0 Å². The molecule has 0 aliphatic carbocycles. The monoisotopic (exact) mass is 244 g/mol. The number of benzene rings is 1. The molecule has 0 fully saturated rings. The number of amides is 1.